The van der Waals surface area contributed by atoms with E-state index in [1.807, 2.05) is 35.7 Å². The Balaban J connectivity index is 1.78. The van der Waals surface area contributed by atoms with Gasteiger partial charge in [0.2, 0.25) is 5.91 Å². The monoisotopic (exact) mass is 378 g/mol. The third-order valence-corrected chi connectivity index (χ3v) is 5.17. The van der Waals surface area contributed by atoms with E-state index in [-0.39, 0.29) is 11.8 Å². The molecule has 1 aliphatic rings. The number of carbonyl (C=O) groups excluding carboxylic acids is 2. The van der Waals surface area contributed by atoms with E-state index in [0.29, 0.717) is 18.0 Å². The summed E-state index contributed by atoms with van der Waals surface area (Å²) < 4.78 is 0.975. The topological polar surface area (TPSA) is 40.6 Å². The van der Waals surface area contributed by atoms with Crippen LogP contribution >= 0.6 is 27.3 Å². The van der Waals surface area contributed by atoms with Gasteiger partial charge in [0.05, 0.1) is 4.88 Å². The second-order valence-electron chi connectivity index (χ2n) is 5.12. The van der Waals surface area contributed by atoms with Gasteiger partial charge < -0.3 is 9.80 Å². The van der Waals surface area contributed by atoms with Gasteiger partial charge in [0, 0.05) is 23.2 Å². The molecule has 22 heavy (non-hydrogen) atoms. The highest BCUT2D eigenvalue weighted by molar-refractivity contribution is 9.10. The van der Waals surface area contributed by atoms with Gasteiger partial charge >= 0.3 is 0 Å². The van der Waals surface area contributed by atoms with Crippen LogP contribution in [0.25, 0.3) is 0 Å². The van der Waals surface area contributed by atoms with Crippen molar-refractivity contribution in [2.24, 2.45) is 0 Å². The van der Waals surface area contributed by atoms with Gasteiger partial charge in [-0.3, -0.25) is 9.59 Å². The maximum absolute atomic E-state index is 12.6. The average molecular weight is 379 g/mol. The summed E-state index contributed by atoms with van der Waals surface area (Å²) in [6, 6.07) is 10.8. The van der Waals surface area contributed by atoms with E-state index in [0.717, 1.165) is 10.2 Å². The lowest BCUT2D eigenvalue weighted by atomic mass is 10.1. The van der Waals surface area contributed by atoms with Crippen molar-refractivity contribution in [1.82, 2.24) is 4.90 Å². The van der Waals surface area contributed by atoms with Crippen LogP contribution in [0.2, 0.25) is 0 Å². The summed E-state index contributed by atoms with van der Waals surface area (Å²) in [6.07, 6.45) is 0. The van der Waals surface area contributed by atoms with Crippen LogP contribution < -0.4 is 4.90 Å². The predicted molar refractivity (Wildman–Crippen MR) is 91.3 cm³/mol. The number of rotatable bonds is 2. The molecule has 0 aliphatic carbocycles. The Morgan fingerprint density at radius 3 is 2.59 bits per heavy atom. The van der Waals surface area contributed by atoms with Gasteiger partial charge in [-0.2, -0.15) is 0 Å². The first-order chi connectivity index (χ1) is 10.6. The smallest absolute Gasteiger partial charge is 0.264 e. The Bertz CT molecular complexity index is 685. The summed E-state index contributed by atoms with van der Waals surface area (Å²) >= 11 is 4.80. The summed E-state index contributed by atoms with van der Waals surface area (Å²) in [5, 5.41) is 1.87. The van der Waals surface area contributed by atoms with E-state index in [4.69, 9.17) is 0 Å². The molecule has 1 atom stereocenters. The van der Waals surface area contributed by atoms with Gasteiger partial charge in [0.15, 0.2) is 0 Å². The van der Waals surface area contributed by atoms with Crippen molar-refractivity contribution in [3.63, 3.8) is 0 Å². The van der Waals surface area contributed by atoms with Crippen molar-refractivity contribution < 1.29 is 9.59 Å². The lowest BCUT2D eigenvalue weighted by molar-refractivity contribution is -0.124. The predicted octanol–water partition coefficient (Wildman–Crippen LogP) is 3.39. The van der Waals surface area contributed by atoms with Crippen molar-refractivity contribution in [3.05, 3.63) is 51.1 Å². The minimum atomic E-state index is -0.452. The molecular formula is C16H15BrN2O2S. The molecule has 1 aromatic heterocycles. The molecule has 0 bridgehead atoms. The van der Waals surface area contributed by atoms with E-state index < -0.39 is 6.04 Å². The molecule has 0 N–H and O–H groups in total. The van der Waals surface area contributed by atoms with E-state index in [1.165, 1.54) is 11.3 Å². The van der Waals surface area contributed by atoms with Crippen LogP contribution in [0.4, 0.5) is 5.69 Å². The number of anilines is 1. The van der Waals surface area contributed by atoms with Crippen molar-refractivity contribution in [2.75, 3.05) is 18.0 Å². The second-order valence-corrected chi connectivity index (χ2v) is 6.98. The van der Waals surface area contributed by atoms with Gasteiger partial charge in [0.25, 0.3) is 5.91 Å². The molecule has 2 heterocycles. The van der Waals surface area contributed by atoms with Gasteiger partial charge in [0.1, 0.15) is 6.04 Å². The first kappa shape index (κ1) is 15.2. The minimum Gasteiger partial charge on any atom is -0.324 e. The molecule has 6 heteroatoms. The molecule has 0 saturated carbocycles. The number of benzene rings is 1. The maximum atomic E-state index is 12.6. The van der Waals surface area contributed by atoms with Gasteiger partial charge in [-0.15, -0.1) is 11.3 Å². The fourth-order valence-corrected chi connectivity index (χ4v) is 3.51. The molecule has 4 nitrogen and oxygen atoms in total. The molecular weight excluding hydrogens is 364 g/mol. The first-order valence-electron chi connectivity index (χ1n) is 6.99. The van der Waals surface area contributed by atoms with E-state index >= 15 is 0 Å². The van der Waals surface area contributed by atoms with Crippen LogP contribution in [0, 0.1) is 0 Å². The zero-order valence-corrected chi connectivity index (χ0v) is 14.4. The minimum absolute atomic E-state index is 0.0431. The third kappa shape index (κ3) is 2.80. The molecule has 2 aromatic rings. The highest BCUT2D eigenvalue weighted by Gasteiger charge is 2.35. The number of nitrogens with zero attached hydrogens (tertiary/aromatic N) is 2. The molecule has 1 aromatic carbocycles. The van der Waals surface area contributed by atoms with E-state index in [9.17, 15) is 9.59 Å². The Kier molecular flexibility index (Phi) is 4.31. The number of hydrogen-bond donors (Lipinski definition) is 0. The number of hydrogen-bond acceptors (Lipinski definition) is 3. The van der Waals surface area contributed by atoms with E-state index in [2.05, 4.69) is 15.9 Å². The Morgan fingerprint density at radius 2 is 1.95 bits per heavy atom. The molecule has 0 radical (unpaired) electrons. The molecule has 1 unspecified atom stereocenters. The van der Waals surface area contributed by atoms with Crippen LogP contribution in [-0.4, -0.2) is 35.8 Å². The normalized spacial score (nSPS) is 18.6. The highest BCUT2D eigenvalue weighted by atomic mass is 79.9. The standard InChI is InChI=1S/C16H15BrN2O2S/c1-11-15(20)19(13-6-4-12(17)5-7-13)9-8-18(11)16(21)14-3-2-10-22-14/h2-7,10-11H,8-9H2,1H3. The van der Waals surface area contributed by atoms with Crippen LogP contribution in [-0.2, 0) is 4.79 Å². The second kappa shape index (κ2) is 6.22. The molecule has 0 spiro atoms. The SMILES string of the molecule is CC1C(=O)N(c2ccc(Br)cc2)CCN1C(=O)c1cccs1. The summed E-state index contributed by atoms with van der Waals surface area (Å²) in [5.74, 6) is -0.107. The van der Waals surface area contributed by atoms with Gasteiger partial charge in [-0.1, -0.05) is 22.0 Å². The zero-order chi connectivity index (χ0) is 15.7. The average Bonchev–Trinajstić information content (AvgIpc) is 3.05. The quantitative estimate of drug-likeness (QED) is 0.803. The van der Waals surface area contributed by atoms with Crippen molar-refractivity contribution in [1.29, 1.82) is 0 Å². The largest absolute Gasteiger partial charge is 0.324 e. The fourth-order valence-electron chi connectivity index (χ4n) is 2.57. The molecule has 114 valence electrons. The van der Waals surface area contributed by atoms with Crippen LogP contribution in [0.15, 0.2) is 46.3 Å². The fraction of sp³-hybridized carbons (Fsp3) is 0.250. The lowest BCUT2D eigenvalue weighted by Gasteiger charge is -2.39. The van der Waals surface area contributed by atoms with Crippen molar-refractivity contribution >= 4 is 44.8 Å². The number of piperazine rings is 1. The molecule has 1 fully saturated rings. The summed E-state index contributed by atoms with van der Waals surface area (Å²) in [4.78, 5) is 29.2. The highest BCUT2D eigenvalue weighted by Crippen LogP contribution is 2.24. The summed E-state index contributed by atoms with van der Waals surface area (Å²) in [5.41, 5.74) is 0.864. The zero-order valence-electron chi connectivity index (χ0n) is 12.0. The molecule has 2 amide bonds. The molecule has 1 aliphatic heterocycles. The van der Waals surface area contributed by atoms with Crippen LogP contribution in [0.3, 0.4) is 0 Å². The molecule has 1 saturated heterocycles. The number of thiophene rings is 1. The third-order valence-electron chi connectivity index (χ3n) is 3.79. The first-order valence-corrected chi connectivity index (χ1v) is 8.66. The Labute approximate surface area is 141 Å². The van der Waals surface area contributed by atoms with Crippen LogP contribution in [0.1, 0.15) is 16.6 Å². The van der Waals surface area contributed by atoms with Gasteiger partial charge in [-0.25, -0.2) is 0 Å². The number of amides is 2. The lowest BCUT2D eigenvalue weighted by Crippen LogP contribution is -2.57. The van der Waals surface area contributed by atoms with Crippen molar-refractivity contribution in [3.8, 4) is 0 Å². The van der Waals surface area contributed by atoms with Gasteiger partial charge in [-0.05, 0) is 42.6 Å². The summed E-state index contributed by atoms with van der Waals surface area (Å²) in [7, 11) is 0. The maximum Gasteiger partial charge on any atom is 0.264 e. The molecule has 3 rings (SSSR count). The summed E-state index contributed by atoms with van der Waals surface area (Å²) in [6.45, 7) is 2.85. The Hall–Kier alpha value is -1.66. The number of carbonyl (C=O) groups is 2. The number of halogens is 1. The van der Waals surface area contributed by atoms with Crippen molar-refractivity contribution in [2.45, 2.75) is 13.0 Å². The van der Waals surface area contributed by atoms with Crippen LogP contribution in [0.5, 0.6) is 0 Å². The Morgan fingerprint density at radius 1 is 1.23 bits per heavy atom. The van der Waals surface area contributed by atoms with E-state index in [1.54, 1.807) is 22.8 Å².